The quantitative estimate of drug-likeness (QED) is 0.244. The highest BCUT2D eigenvalue weighted by Crippen LogP contribution is 2.41. The van der Waals surface area contributed by atoms with Crippen LogP contribution in [0.5, 0.6) is 0 Å². The fraction of sp³-hybridized carbons (Fsp3) is 0. The maximum absolute atomic E-state index is 2.33. The minimum atomic E-state index is 1.14. The van der Waals surface area contributed by atoms with Gasteiger partial charge in [-0.15, -0.1) is 11.3 Å². The van der Waals surface area contributed by atoms with Gasteiger partial charge >= 0.3 is 0 Å². The lowest BCUT2D eigenvalue weighted by molar-refractivity contribution is 1.29. The number of nitrogens with zero attached hydrogens (tertiary/aromatic N) is 1. The summed E-state index contributed by atoms with van der Waals surface area (Å²) >= 11 is 1.88. The molecule has 1 aromatic heterocycles. The molecule has 0 amide bonds. The summed E-state index contributed by atoms with van der Waals surface area (Å²) in [5, 5.41) is 5.16. The van der Waals surface area contributed by atoms with Crippen LogP contribution in [0.4, 0.5) is 17.1 Å². The Balaban J connectivity index is 1.34. The number of hydrogen-bond acceptors (Lipinski definition) is 2. The normalized spacial score (nSPS) is 11.3. The van der Waals surface area contributed by atoms with E-state index in [2.05, 4.69) is 144 Å². The zero-order valence-corrected chi connectivity index (χ0v) is 20.5. The van der Waals surface area contributed by atoms with E-state index in [4.69, 9.17) is 0 Å². The molecule has 0 spiro atoms. The first-order valence-electron chi connectivity index (χ1n) is 12.2. The molecule has 7 aromatic rings. The first-order chi connectivity index (χ1) is 17.8. The van der Waals surface area contributed by atoms with Gasteiger partial charge in [0, 0.05) is 37.2 Å². The zero-order chi connectivity index (χ0) is 23.9. The van der Waals surface area contributed by atoms with Crippen molar-refractivity contribution in [2.24, 2.45) is 0 Å². The van der Waals surface area contributed by atoms with Crippen LogP contribution in [-0.4, -0.2) is 0 Å². The Hall–Kier alpha value is -4.40. The SMILES string of the molecule is c1ccc(N(c2ccc(-c3cccc4c3sc3ccccc34)cc2)c2ccc3ccccc3c2)cc1. The Bertz CT molecular complexity index is 1830. The van der Waals surface area contributed by atoms with Crippen LogP contribution in [0.1, 0.15) is 0 Å². The molecular formula is C34H23NS. The first kappa shape index (κ1) is 20.9. The van der Waals surface area contributed by atoms with Crippen LogP contribution in [-0.2, 0) is 0 Å². The molecule has 0 fully saturated rings. The molecule has 0 aliphatic heterocycles. The van der Waals surface area contributed by atoms with E-state index in [-0.39, 0.29) is 0 Å². The van der Waals surface area contributed by atoms with Gasteiger partial charge in [-0.05, 0) is 64.4 Å². The molecule has 36 heavy (non-hydrogen) atoms. The maximum Gasteiger partial charge on any atom is 0.0468 e. The molecule has 1 nitrogen and oxygen atoms in total. The fourth-order valence-electron chi connectivity index (χ4n) is 5.10. The molecule has 0 saturated heterocycles. The summed E-state index contributed by atoms with van der Waals surface area (Å²) < 4.78 is 2.68. The minimum absolute atomic E-state index is 1.14. The highest BCUT2D eigenvalue weighted by atomic mass is 32.1. The van der Waals surface area contributed by atoms with Crippen molar-refractivity contribution in [2.45, 2.75) is 0 Å². The molecule has 0 N–H and O–H groups in total. The Morgan fingerprint density at radius 2 is 1.11 bits per heavy atom. The second-order valence-electron chi connectivity index (χ2n) is 9.03. The molecule has 7 rings (SSSR count). The van der Waals surface area contributed by atoms with E-state index in [1.165, 1.54) is 42.1 Å². The Kier molecular flexibility index (Phi) is 5.04. The van der Waals surface area contributed by atoms with Gasteiger partial charge in [0.2, 0.25) is 0 Å². The van der Waals surface area contributed by atoms with E-state index in [9.17, 15) is 0 Å². The summed E-state index contributed by atoms with van der Waals surface area (Å²) in [6.45, 7) is 0. The number of thiophene rings is 1. The van der Waals surface area contributed by atoms with Crippen molar-refractivity contribution >= 4 is 59.3 Å². The molecule has 0 saturated carbocycles. The Morgan fingerprint density at radius 3 is 1.97 bits per heavy atom. The van der Waals surface area contributed by atoms with Gasteiger partial charge in [0.05, 0.1) is 0 Å². The van der Waals surface area contributed by atoms with Gasteiger partial charge in [0.1, 0.15) is 0 Å². The smallest absolute Gasteiger partial charge is 0.0468 e. The number of para-hydroxylation sites is 1. The lowest BCUT2D eigenvalue weighted by atomic mass is 10.0. The van der Waals surface area contributed by atoms with Crippen molar-refractivity contribution in [1.82, 2.24) is 0 Å². The topological polar surface area (TPSA) is 3.24 Å². The molecule has 0 unspecified atom stereocenters. The van der Waals surface area contributed by atoms with Crippen LogP contribution in [0.3, 0.4) is 0 Å². The van der Waals surface area contributed by atoms with Crippen molar-refractivity contribution in [3.63, 3.8) is 0 Å². The van der Waals surface area contributed by atoms with Crippen molar-refractivity contribution in [2.75, 3.05) is 4.90 Å². The lowest BCUT2D eigenvalue weighted by Gasteiger charge is -2.26. The molecule has 0 radical (unpaired) electrons. The molecular weight excluding hydrogens is 454 g/mol. The van der Waals surface area contributed by atoms with Gasteiger partial charge in [-0.2, -0.15) is 0 Å². The van der Waals surface area contributed by atoms with Crippen LogP contribution in [0, 0.1) is 0 Å². The van der Waals surface area contributed by atoms with E-state index >= 15 is 0 Å². The van der Waals surface area contributed by atoms with Crippen molar-refractivity contribution in [3.8, 4) is 11.1 Å². The molecule has 6 aromatic carbocycles. The third-order valence-corrected chi connectivity index (χ3v) is 8.07. The number of rotatable bonds is 4. The van der Waals surface area contributed by atoms with Gasteiger partial charge in [-0.1, -0.05) is 97.1 Å². The average Bonchev–Trinajstić information content (AvgIpc) is 3.33. The van der Waals surface area contributed by atoms with Crippen LogP contribution in [0.15, 0.2) is 140 Å². The van der Waals surface area contributed by atoms with Crippen LogP contribution >= 0.6 is 11.3 Å². The van der Waals surface area contributed by atoms with Crippen LogP contribution in [0.2, 0.25) is 0 Å². The number of anilines is 3. The van der Waals surface area contributed by atoms with E-state index in [0.29, 0.717) is 0 Å². The van der Waals surface area contributed by atoms with E-state index in [1.807, 2.05) is 11.3 Å². The Morgan fingerprint density at radius 1 is 0.444 bits per heavy atom. The number of hydrogen-bond donors (Lipinski definition) is 0. The second-order valence-corrected chi connectivity index (χ2v) is 10.1. The largest absolute Gasteiger partial charge is 0.310 e. The van der Waals surface area contributed by atoms with Gasteiger partial charge in [-0.25, -0.2) is 0 Å². The van der Waals surface area contributed by atoms with E-state index in [0.717, 1.165) is 17.1 Å². The highest BCUT2D eigenvalue weighted by Gasteiger charge is 2.14. The highest BCUT2D eigenvalue weighted by molar-refractivity contribution is 7.26. The summed E-state index contributed by atoms with van der Waals surface area (Å²) in [4.78, 5) is 2.33. The molecule has 0 atom stereocenters. The zero-order valence-electron chi connectivity index (χ0n) is 19.6. The third-order valence-electron chi connectivity index (χ3n) is 6.85. The van der Waals surface area contributed by atoms with Crippen molar-refractivity contribution in [3.05, 3.63) is 140 Å². The monoisotopic (exact) mass is 477 g/mol. The standard InChI is InChI=1S/C34H23NS/c1-2-11-27(12-3-1)35(29-22-17-24-9-4-5-10-26(24)23-29)28-20-18-25(19-21-28)30-14-8-15-32-31-13-6-7-16-33(31)36-34(30)32/h1-23H. The molecule has 0 bridgehead atoms. The van der Waals surface area contributed by atoms with E-state index < -0.39 is 0 Å². The summed E-state index contributed by atoms with van der Waals surface area (Å²) in [6.07, 6.45) is 0. The maximum atomic E-state index is 2.33. The molecule has 0 aliphatic carbocycles. The minimum Gasteiger partial charge on any atom is -0.310 e. The van der Waals surface area contributed by atoms with Crippen molar-refractivity contribution in [1.29, 1.82) is 0 Å². The molecule has 170 valence electrons. The summed E-state index contributed by atoms with van der Waals surface area (Å²) in [5.41, 5.74) is 5.97. The van der Waals surface area contributed by atoms with Gasteiger partial charge in [0.15, 0.2) is 0 Å². The Labute approximate surface area is 214 Å². The van der Waals surface area contributed by atoms with Gasteiger partial charge in [-0.3, -0.25) is 0 Å². The lowest BCUT2D eigenvalue weighted by Crippen LogP contribution is -2.09. The average molecular weight is 478 g/mol. The fourth-order valence-corrected chi connectivity index (χ4v) is 6.34. The second kappa shape index (κ2) is 8.67. The van der Waals surface area contributed by atoms with Crippen LogP contribution < -0.4 is 4.90 Å². The van der Waals surface area contributed by atoms with Crippen LogP contribution in [0.25, 0.3) is 42.1 Å². The molecule has 2 heteroatoms. The number of benzene rings is 6. The van der Waals surface area contributed by atoms with Gasteiger partial charge in [0.25, 0.3) is 0 Å². The third kappa shape index (κ3) is 3.55. The predicted octanol–water partition coefficient (Wildman–Crippen LogP) is 10.3. The summed E-state index contributed by atoms with van der Waals surface area (Å²) in [6, 6.07) is 50.1. The molecule has 0 aliphatic rings. The van der Waals surface area contributed by atoms with Gasteiger partial charge < -0.3 is 4.90 Å². The predicted molar refractivity (Wildman–Crippen MR) is 157 cm³/mol. The molecule has 1 heterocycles. The first-order valence-corrected chi connectivity index (χ1v) is 13.0. The van der Waals surface area contributed by atoms with Crippen molar-refractivity contribution < 1.29 is 0 Å². The number of fused-ring (bicyclic) bond motifs is 4. The summed E-state index contributed by atoms with van der Waals surface area (Å²) in [5.74, 6) is 0. The van der Waals surface area contributed by atoms with E-state index in [1.54, 1.807) is 0 Å². The summed E-state index contributed by atoms with van der Waals surface area (Å²) in [7, 11) is 0.